The van der Waals surface area contributed by atoms with Crippen molar-refractivity contribution in [2.75, 3.05) is 5.75 Å². The molecule has 0 aromatic carbocycles. The van der Waals surface area contributed by atoms with Gasteiger partial charge in [-0.3, -0.25) is 0 Å². The quantitative estimate of drug-likeness (QED) is 0.328. The van der Waals surface area contributed by atoms with Gasteiger partial charge in [0.15, 0.2) is 0 Å². The van der Waals surface area contributed by atoms with Gasteiger partial charge in [0, 0.05) is 5.75 Å². The zero-order valence-electron chi connectivity index (χ0n) is 11.3. The summed E-state index contributed by atoms with van der Waals surface area (Å²) in [5.74, 6) is 0.567. The molecule has 0 amide bonds. The Kier molecular flexibility index (Phi) is 7.78. The van der Waals surface area contributed by atoms with Gasteiger partial charge in [0.05, 0.1) is 12.4 Å². The molecule has 1 aromatic heterocycles. The first kappa shape index (κ1) is 16.8. The molecule has 7 heteroatoms. The van der Waals surface area contributed by atoms with E-state index in [0.29, 0.717) is 10.9 Å². The zero-order valence-corrected chi connectivity index (χ0v) is 13.8. The molecule has 0 N–H and O–H groups in total. The normalized spacial score (nSPS) is 13.5. The lowest BCUT2D eigenvalue weighted by molar-refractivity contribution is -0.304. The van der Waals surface area contributed by atoms with Crippen molar-refractivity contribution in [3.05, 3.63) is 5.01 Å². The largest absolute Gasteiger partial charge is 0.550 e. The van der Waals surface area contributed by atoms with Crippen molar-refractivity contribution >= 4 is 38.9 Å². The van der Waals surface area contributed by atoms with Crippen molar-refractivity contribution in [2.45, 2.75) is 50.3 Å². The zero-order chi connectivity index (χ0) is 14.3. The minimum Gasteiger partial charge on any atom is -0.550 e. The van der Waals surface area contributed by atoms with Crippen LogP contribution in [-0.2, 0) is 11.2 Å². The van der Waals surface area contributed by atoms with E-state index in [2.05, 4.69) is 35.7 Å². The number of hydrogen-bond acceptors (Lipinski definition) is 6. The molecule has 0 radical (unpaired) electrons. The fourth-order valence-corrected chi connectivity index (χ4v) is 5.07. The topological polar surface area (TPSA) is 65.9 Å². The third kappa shape index (κ3) is 5.71. The molecule has 1 aromatic rings. The number of unbranched alkanes of at least 4 members (excludes halogenated alkanes) is 1. The number of rotatable bonds is 9. The van der Waals surface area contributed by atoms with E-state index in [0.717, 1.165) is 16.5 Å². The summed E-state index contributed by atoms with van der Waals surface area (Å²) in [7, 11) is -0.557. The van der Waals surface area contributed by atoms with Crippen molar-refractivity contribution in [1.29, 1.82) is 0 Å². The Bertz CT molecular complexity index is 410. The summed E-state index contributed by atoms with van der Waals surface area (Å²) >= 11 is 6.08. The summed E-state index contributed by atoms with van der Waals surface area (Å²) in [5.41, 5.74) is 0. The van der Waals surface area contributed by atoms with Crippen molar-refractivity contribution in [1.82, 2.24) is 10.2 Å². The van der Waals surface area contributed by atoms with Crippen LogP contribution in [0.1, 0.15) is 44.5 Å². The Morgan fingerprint density at radius 1 is 1.47 bits per heavy atom. The van der Waals surface area contributed by atoms with Crippen LogP contribution in [0.2, 0.25) is 0 Å². The van der Waals surface area contributed by atoms with Crippen LogP contribution in [0.5, 0.6) is 0 Å². The van der Waals surface area contributed by atoms with Crippen molar-refractivity contribution in [3.8, 4) is 0 Å². The molecule has 1 rings (SSSR count). The van der Waals surface area contributed by atoms with Gasteiger partial charge in [-0.2, -0.15) is 0 Å². The molecule has 0 aliphatic heterocycles. The second kappa shape index (κ2) is 8.81. The standard InChI is InChI=1S/C12H20N2O2S3/c1-3-5-6-9(4-2)8-18-12-14-13-10(19(12)17)7-11(15)16/h9,17H,3-8H2,1-2H3. The van der Waals surface area contributed by atoms with Gasteiger partial charge in [0.2, 0.25) is 0 Å². The predicted molar refractivity (Wildman–Crippen MR) is 81.6 cm³/mol. The summed E-state index contributed by atoms with van der Waals surface area (Å²) in [6.45, 7) is 4.40. The number of aliphatic carboxylic acids is 1. The highest BCUT2D eigenvalue weighted by Gasteiger charge is 2.23. The molecule has 1 heterocycles. The van der Waals surface area contributed by atoms with Gasteiger partial charge in [-0.25, -0.2) is 0 Å². The predicted octanol–water partition coefficient (Wildman–Crippen LogP) is 2.52. The number of nitrogens with zero attached hydrogens (tertiary/aromatic N) is 2. The van der Waals surface area contributed by atoms with Crippen LogP contribution < -0.4 is 5.11 Å². The molecule has 4 nitrogen and oxygen atoms in total. The SMILES string of the molecule is CCCCC(CC)CSc1nnc(CC(=O)[O-])[s+]1S. The Morgan fingerprint density at radius 3 is 2.79 bits per heavy atom. The summed E-state index contributed by atoms with van der Waals surface area (Å²) in [6.07, 6.45) is 4.70. The summed E-state index contributed by atoms with van der Waals surface area (Å²) in [5, 5.41) is 19.0. The number of aromatic nitrogens is 2. The van der Waals surface area contributed by atoms with Gasteiger partial charge in [-0.1, -0.05) is 43.3 Å². The van der Waals surface area contributed by atoms with E-state index < -0.39 is 15.5 Å². The number of carboxylic acids is 1. The summed E-state index contributed by atoms with van der Waals surface area (Å²) < 4.78 is 0.842. The summed E-state index contributed by atoms with van der Waals surface area (Å²) in [6, 6.07) is 0. The molecule has 2 atom stereocenters. The molecule has 108 valence electrons. The fourth-order valence-electron chi connectivity index (χ4n) is 1.67. The van der Waals surface area contributed by atoms with Crippen LogP contribution in [-0.4, -0.2) is 21.9 Å². The number of thiol groups is 1. The average Bonchev–Trinajstić information content (AvgIpc) is 2.71. The Hall–Kier alpha value is -0.270. The van der Waals surface area contributed by atoms with Crippen LogP contribution >= 0.6 is 32.9 Å². The highest BCUT2D eigenvalue weighted by atomic mass is 33.1. The van der Waals surface area contributed by atoms with Gasteiger partial charge in [-0.05, 0) is 24.1 Å². The van der Waals surface area contributed by atoms with E-state index in [1.165, 1.54) is 19.3 Å². The second-order valence-corrected chi connectivity index (χ2v) is 8.21. The van der Waals surface area contributed by atoms with Crippen molar-refractivity contribution in [3.63, 3.8) is 0 Å². The highest BCUT2D eigenvalue weighted by molar-refractivity contribution is 8.34. The van der Waals surface area contributed by atoms with Gasteiger partial charge in [0.25, 0.3) is 5.01 Å². The monoisotopic (exact) mass is 320 g/mol. The highest BCUT2D eigenvalue weighted by Crippen LogP contribution is 2.38. The molecule has 0 aliphatic rings. The fraction of sp³-hybridized carbons (Fsp3) is 0.750. The van der Waals surface area contributed by atoms with E-state index in [1.807, 2.05) is 0 Å². The first-order valence-corrected chi connectivity index (χ1v) is 9.75. The number of hydrogen-bond donors (Lipinski definition) is 1. The minimum atomic E-state index is -1.12. The van der Waals surface area contributed by atoms with Crippen molar-refractivity contribution in [2.24, 2.45) is 5.92 Å². The first-order chi connectivity index (χ1) is 9.08. The molecular weight excluding hydrogens is 300 g/mol. The smallest absolute Gasteiger partial charge is 0.335 e. The molecule has 0 spiro atoms. The molecular formula is C12H20N2O2S3. The molecule has 0 bridgehead atoms. The Balaban J connectivity index is 2.52. The van der Waals surface area contributed by atoms with Crippen LogP contribution in [0.25, 0.3) is 0 Å². The lowest BCUT2D eigenvalue weighted by Gasteiger charge is -2.11. The second-order valence-electron chi connectivity index (χ2n) is 4.42. The van der Waals surface area contributed by atoms with Crippen LogP contribution in [0.3, 0.4) is 0 Å². The Labute approximate surface area is 126 Å². The third-order valence-corrected chi connectivity index (χ3v) is 7.34. The molecule has 19 heavy (non-hydrogen) atoms. The van der Waals surface area contributed by atoms with E-state index in [4.69, 9.17) is 0 Å². The Morgan fingerprint density at radius 2 is 2.21 bits per heavy atom. The number of carboxylic acid groups (broad SMARTS) is 1. The van der Waals surface area contributed by atoms with Gasteiger partial charge in [-0.15, -0.1) is 0 Å². The molecule has 0 fully saturated rings. The van der Waals surface area contributed by atoms with E-state index in [9.17, 15) is 9.90 Å². The minimum absolute atomic E-state index is 0.173. The number of carbonyl (C=O) groups excluding carboxylic acids is 1. The maximum atomic E-state index is 10.6. The lowest BCUT2D eigenvalue weighted by Crippen LogP contribution is -2.24. The molecule has 2 unspecified atom stereocenters. The summed E-state index contributed by atoms with van der Waals surface area (Å²) in [4.78, 5) is 10.6. The first-order valence-electron chi connectivity index (χ1n) is 6.49. The van der Waals surface area contributed by atoms with Crippen LogP contribution in [0.4, 0.5) is 0 Å². The van der Waals surface area contributed by atoms with Gasteiger partial charge >= 0.3 is 4.34 Å². The van der Waals surface area contributed by atoms with Crippen molar-refractivity contribution < 1.29 is 9.90 Å². The lowest BCUT2D eigenvalue weighted by atomic mass is 10.0. The van der Waals surface area contributed by atoms with E-state index in [-0.39, 0.29) is 6.42 Å². The van der Waals surface area contributed by atoms with Gasteiger partial charge < -0.3 is 9.90 Å². The van der Waals surface area contributed by atoms with Crippen LogP contribution in [0, 0.1) is 5.92 Å². The average molecular weight is 321 g/mol. The van der Waals surface area contributed by atoms with Crippen LogP contribution in [0.15, 0.2) is 4.34 Å². The third-order valence-electron chi connectivity index (χ3n) is 2.91. The molecule has 0 saturated carbocycles. The molecule has 0 aliphatic carbocycles. The maximum Gasteiger partial charge on any atom is 0.335 e. The maximum absolute atomic E-state index is 10.6. The number of thioether (sulfide) groups is 1. The van der Waals surface area contributed by atoms with Gasteiger partial charge in [0.1, 0.15) is 21.2 Å². The van der Waals surface area contributed by atoms with E-state index >= 15 is 0 Å². The molecule has 0 saturated heterocycles. The van der Waals surface area contributed by atoms with E-state index in [1.54, 1.807) is 11.8 Å². The number of carbonyl (C=O) groups is 1.